The summed E-state index contributed by atoms with van der Waals surface area (Å²) in [5, 5.41) is 3.26. The first-order valence-corrected chi connectivity index (χ1v) is 6.39. The van der Waals surface area contributed by atoms with Gasteiger partial charge in [0.2, 0.25) is 0 Å². The number of benzene rings is 1. The highest BCUT2D eigenvalue weighted by molar-refractivity contribution is 5.57. The number of hydrogen-bond donors (Lipinski definition) is 0. The average Bonchev–Trinajstić information content (AvgIpc) is 2.26. The van der Waals surface area contributed by atoms with E-state index in [9.17, 15) is 4.91 Å². The average molecular weight is 233 g/mol. The summed E-state index contributed by atoms with van der Waals surface area (Å²) < 4.78 is 0. The molecule has 0 spiro atoms. The van der Waals surface area contributed by atoms with E-state index in [0.717, 1.165) is 11.1 Å². The third-order valence-electron chi connectivity index (χ3n) is 3.19. The minimum absolute atomic E-state index is 0.332. The summed E-state index contributed by atoms with van der Waals surface area (Å²) in [4.78, 5) is 11.1. The van der Waals surface area contributed by atoms with Gasteiger partial charge in [0.1, 0.15) is 5.69 Å². The van der Waals surface area contributed by atoms with E-state index in [1.807, 2.05) is 0 Å². The van der Waals surface area contributed by atoms with Gasteiger partial charge < -0.3 is 0 Å². The minimum Gasteiger partial charge on any atom is -0.145 e. The first-order valence-electron chi connectivity index (χ1n) is 6.39. The lowest BCUT2D eigenvalue weighted by Gasteiger charge is -2.18. The van der Waals surface area contributed by atoms with Crippen molar-refractivity contribution in [2.24, 2.45) is 5.18 Å². The first-order chi connectivity index (χ1) is 7.88. The van der Waals surface area contributed by atoms with Crippen LogP contribution in [0.5, 0.6) is 0 Å². The van der Waals surface area contributed by atoms with Gasteiger partial charge in [0.25, 0.3) is 0 Å². The van der Waals surface area contributed by atoms with Gasteiger partial charge in [-0.3, -0.25) is 0 Å². The van der Waals surface area contributed by atoms with Crippen molar-refractivity contribution >= 4 is 5.69 Å². The summed E-state index contributed by atoms with van der Waals surface area (Å²) in [5.41, 5.74) is 4.11. The zero-order chi connectivity index (χ0) is 13.2. The molecule has 0 aliphatic rings. The van der Waals surface area contributed by atoms with Crippen LogP contribution in [0.4, 0.5) is 5.69 Å². The van der Waals surface area contributed by atoms with E-state index < -0.39 is 0 Å². The summed E-state index contributed by atoms with van der Waals surface area (Å²) in [7, 11) is 0. The summed E-state index contributed by atoms with van der Waals surface area (Å²) in [6.07, 6.45) is 0. The van der Waals surface area contributed by atoms with E-state index in [4.69, 9.17) is 0 Å². The van der Waals surface area contributed by atoms with Crippen LogP contribution in [-0.2, 0) is 0 Å². The first kappa shape index (κ1) is 13.9. The molecule has 0 aromatic heterocycles. The third kappa shape index (κ3) is 2.93. The lowest BCUT2D eigenvalue weighted by Crippen LogP contribution is -1.99. The second kappa shape index (κ2) is 5.44. The van der Waals surface area contributed by atoms with Crippen LogP contribution in [0, 0.1) is 4.91 Å². The van der Waals surface area contributed by atoms with Crippen molar-refractivity contribution in [1.29, 1.82) is 0 Å². The summed E-state index contributed by atoms with van der Waals surface area (Å²) in [5.74, 6) is 1.14. The molecule has 0 N–H and O–H groups in total. The Morgan fingerprint density at radius 1 is 0.824 bits per heavy atom. The predicted molar refractivity (Wildman–Crippen MR) is 74.2 cm³/mol. The lowest BCUT2D eigenvalue weighted by atomic mass is 9.88. The number of nitrogens with zero attached hydrogens (tertiary/aromatic N) is 1. The highest BCUT2D eigenvalue weighted by Gasteiger charge is 2.17. The van der Waals surface area contributed by atoms with Crippen molar-refractivity contribution in [3.05, 3.63) is 33.7 Å². The number of hydrogen-bond acceptors (Lipinski definition) is 2. The fourth-order valence-electron chi connectivity index (χ4n) is 2.02. The second-order valence-electron chi connectivity index (χ2n) is 5.60. The number of rotatable bonds is 4. The molecular formula is C15H23NO. The third-order valence-corrected chi connectivity index (χ3v) is 3.19. The van der Waals surface area contributed by atoms with Crippen molar-refractivity contribution in [3.63, 3.8) is 0 Å². The largest absolute Gasteiger partial charge is 0.145 e. The molecule has 1 aromatic carbocycles. The Balaban J connectivity index is 3.51. The molecule has 17 heavy (non-hydrogen) atoms. The molecule has 0 bridgehead atoms. The fraction of sp³-hybridized carbons (Fsp3) is 0.600. The quantitative estimate of drug-likeness (QED) is 0.635. The molecule has 0 aliphatic heterocycles. The van der Waals surface area contributed by atoms with Gasteiger partial charge in [-0.15, -0.1) is 4.91 Å². The highest BCUT2D eigenvalue weighted by atomic mass is 16.3. The zero-order valence-corrected chi connectivity index (χ0v) is 11.7. The van der Waals surface area contributed by atoms with Gasteiger partial charge in [0.05, 0.1) is 0 Å². The van der Waals surface area contributed by atoms with Gasteiger partial charge in [0, 0.05) is 0 Å². The van der Waals surface area contributed by atoms with E-state index in [-0.39, 0.29) is 0 Å². The van der Waals surface area contributed by atoms with E-state index in [2.05, 4.69) is 58.9 Å². The van der Waals surface area contributed by atoms with Crippen molar-refractivity contribution in [2.45, 2.75) is 59.3 Å². The van der Waals surface area contributed by atoms with Crippen LogP contribution in [0.1, 0.15) is 76.0 Å². The number of nitroso groups, excluding NO2 is 1. The van der Waals surface area contributed by atoms with Crippen LogP contribution in [0.3, 0.4) is 0 Å². The Bertz CT molecular complexity index is 376. The molecule has 2 nitrogen and oxygen atoms in total. The van der Waals surface area contributed by atoms with Crippen LogP contribution >= 0.6 is 0 Å². The summed E-state index contributed by atoms with van der Waals surface area (Å²) in [6.45, 7) is 12.8. The molecule has 0 saturated carbocycles. The van der Waals surface area contributed by atoms with Crippen LogP contribution in [-0.4, -0.2) is 0 Å². The monoisotopic (exact) mass is 233 g/mol. The fourth-order valence-corrected chi connectivity index (χ4v) is 2.02. The Hall–Kier alpha value is -1.18. The van der Waals surface area contributed by atoms with Gasteiger partial charge >= 0.3 is 0 Å². The van der Waals surface area contributed by atoms with E-state index in [1.165, 1.54) is 5.56 Å². The molecule has 0 heterocycles. The van der Waals surface area contributed by atoms with Crippen LogP contribution in [0.15, 0.2) is 17.3 Å². The molecule has 1 rings (SSSR count). The van der Waals surface area contributed by atoms with Crippen LogP contribution in [0.2, 0.25) is 0 Å². The standard InChI is InChI=1S/C15H23NO/c1-9(2)12-7-13(10(3)4)15(16-17)14(8-12)11(5)6/h7-11H,1-6H3. The molecule has 0 amide bonds. The molecule has 0 aliphatic carbocycles. The Morgan fingerprint density at radius 3 is 1.47 bits per heavy atom. The minimum atomic E-state index is 0.332. The molecule has 0 radical (unpaired) electrons. The Labute approximate surface area is 104 Å². The predicted octanol–water partition coefficient (Wildman–Crippen LogP) is 5.45. The summed E-state index contributed by atoms with van der Waals surface area (Å²) in [6, 6.07) is 4.27. The Kier molecular flexibility index (Phi) is 4.44. The van der Waals surface area contributed by atoms with Gasteiger partial charge in [-0.2, -0.15) is 0 Å². The maximum Gasteiger partial charge on any atom is 0.114 e. The van der Waals surface area contributed by atoms with Gasteiger partial charge in [-0.1, -0.05) is 53.7 Å². The van der Waals surface area contributed by atoms with Crippen LogP contribution < -0.4 is 0 Å². The molecule has 0 fully saturated rings. The maximum absolute atomic E-state index is 11.1. The van der Waals surface area contributed by atoms with E-state index >= 15 is 0 Å². The van der Waals surface area contributed by atoms with Gasteiger partial charge in [-0.05, 0) is 39.6 Å². The van der Waals surface area contributed by atoms with Gasteiger partial charge in [-0.25, -0.2) is 0 Å². The summed E-state index contributed by atoms with van der Waals surface area (Å²) >= 11 is 0. The van der Waals surface area contributed by atoms with Crippen molar-refractivity contribution in [3.8, 4) is 0 Å². The topological polar surface area (TPSA) is 29.4 Å². The zero-order valence-electron chi connectivity index (χ0n) is 11.7. The Morgan fingerprint density at radius 2 is 1.24 bits per heavy atom. The van der Waals surface area contributed by atoms with E-state index in [0.29, 0.717) is 23.4 Å². The molecule has 0 unspecified atom stereocenters. The smallest absolute Gasteiger partial charge is 0.114 e. The SMILES string of the molecule is CC(C)c1cc(C(C)C)c(N=O)c(C(C)C)c1. The van der Waals surface area contributed by atoms with E-state index in [1.54, 1.807) is 0 Å². The van der Waals surface area contributed by atoms with Crippen molar-refractivity contribution in [1.82, 2.24) is 0 Å². The molecule has 0 atom stereocenters. The molecule has 2 heteroatoms. The molecule has 1 aromatic rings. The van der Waals surface area contributed by atoms with Crippen LogP contribution in [0.25, 0.3) is 0 Å². The van der Waals surface area contributed by atoms with Crippen molar-refractivity contribution in [2.75, 3.05) is 0 Å². The molecule has 94 valence electrons. The lowest BCUT2D eigenvalue weighted by molar-refractivity contribution is 0.805. The molecular weight excluding hydrogens is 210 g/mol. The maximum atomic E-state index is 11.1. The van der Waals surface area contributed by atoms with Gasteiger partial charge in [0.15, 0.2) is 0 Å². The van der Waals surface area contributed by atoms with Crippen molar-refractivity contribution < 1.29 is 0 Å². The highest BCUT2D eigenvalue weighted by Crippen LogP contribution is 2.37. The second-order valence-corrected chi connectivity index (χ2v) is 5.60. The molecule has 0 saturated heterocycles. The normalized spacial score (nSPS) is 11.6.